The number of nitrogens with zero attached hydrogens (tertiary/aromatic N) is 1. The fourth-order valence-corrected chi connectivity index (χ4v) is 7.75. The van der Waals surface area contributed by atoms with E-state index in [2.05, 4.69) is 0 Å². The third-order valence-electron chi connectivity index (χ3n) is 3.53. The topological polar surface area (TPSA) is 77.4 Å². The van der Waals surface area contributed by atoms with Crippen molar-refractivity contribution in [1.29, 1.82) is 0 Å². The van der Waals surface area contributed by atoms with Gasteiger partial charge in [0.15, 0.2) is 0 Å². The molecule has 5 nitrogen and oxygen atoms in total. The van der Waals surface area contributed by atoms with Gasteiger partial charge in [-0.05, 0) is 0 Å². The standard InChI is InChI=1S/C8H9ClNO4S.Na/c1-8(2)6(7(12)13)10(9)4(11)3-5(10)15(8)14;/h3,5-6H,1-2H3;/p+1/t5-,6+,10?,15?;/m1./s1. The molecule has 84 valence electrons. The van der Waals surface area contributed by atoms with E-state index in [1.54, 1.807) is 13.8 Å². The molecule has 1 N–H and O–H groups in total. The molecule has 2 heterocycles. The Bertz CT molecular complexity index is 392. The van der Waals surface area contributed by atoms with E-state index in [1.165, 1.54) is 0 Å². The van der Waals surface area contributed by atoms with Crippen molar-refractivity contribution < 1.29 is 23.3 Å². The third-order valence-corrected chi connectivity index (χ3v) is 8.27. The fourth-order valence-electron chi connectivity index (χ4n) is 2.73. The van der Waals surface area contributed by atoms with Crippen molar-refractivity contribution in [2.75, 3.05) is 0 Å². The molecule has 0 aliphatic carbocycles. The number of carboxylic acid groups (broad SMARTS) is 1. The molecule has 0 spiro atoms. The second-order valence-electron chi connectivity index (χ2n) is 4.85. The maximum absolute atomic E-state index is 12.2. The van der Waals surface area contributed by atoms with Gasteiger partial charge in [0.1, 0.15) is 0 Å². The summed E-state index contributed by atoms with van der Waals surface area (Å²) in [5, 5.41) is 8.65. The van der Waals surface area contributed by atoms with Crippen molar-refractivity contribution in [2.24, 2.45) is 0 Å². The fraction of sp³-hybridized carbons (Fsp3) is 0.750. The Morgan fingerprint density at radius 1 is 1.69 bits per heavy atom. The first kappa shape index (κ1) is 13.1. The van der Waals surface area contributed by atoms with E-state index < -0.39 is 37.3 Å². The summed E-state index contributed by atoms with van der Waals surface area (Å²) < 4.78 is 10.2. The zero-order valence-electron chi connectivity index (χ0n) is 9.14. The first-order valence-electron chi connectivity index (χ1n) is 4.92. The summed E-state index contributed by atoms with van der Waals surface area (Å²) in [6.45, 7) is 3.20. The van der Waals surface area contributed by atoms with Crippen molar-refractivity contribution in [3.63, 3.8) is 0 Å². The first-order valence-corrected chi connectivity index (χ1v) is 7.63. The van der Waals surface area contributed by atoms with Crippen LogP contribution in [0.3, 0.4) is 0 Å². The average molecular weight is 275 g/mol. The quantitative estimate of drug-likeness (QED) is 0.310. The Hall–Kier alpha value is 0.700. The van der Waals surface area contributed by atoms with E-state index in [0.29, 0.717) is 27.9 Å². The summed E-state index contributed by atoms with van der Waals surface area (Å²) in [5.74, 6) is -1.44. The molecule has 0 saturated carbocycles. The summed E-state index contributed by atoms with van der Waals surface area (Å²) >= 11 is 5.30. The van der Waals surface area contributed by atoms with Crippen molar-refractivity contribution in [2.45, 2.75) is 33.2 Å². The first-order chi connectivity index (χ1) is 7.16. The summed E-state index contributed by atoms with van der Waals surface area (Å²) in [7, 11) is 0. The molecule has 2 fully saturated rings. The molecule has 5 atom stereocenters. The SMILES string of the molecule is CC1(C)[C@H](C(=O)O)[N+]2(Cl)C(=O)[C@@H]([Na])[C@H]2[S+]1[O-]. The van der Waals surface area contributed by atoms with Gasteiger partial charge in [-0.15, -0.1) is 0 Å². The van der Waals surface area contributed by atoms with Gasteiger partial charge >= 0.3 is 119 Å². The molecule has 2 aliphatic rings. The predicted molar refractivity (Wildman–Crippen MR) is 58.1 cm³/mol. The van der Waals surface area contributed by atoms with Crippen LogP contribution in [0.5, 0.6) is 0 Å². The van der Waals surface area contributed by atoms with Crippen LogP contribution in [0.4, 0.5) is 0 Å². The van der Waals surface area contributed by atoms with Gasteiger partial charge in [-0.1, -0.05) is 0 Å². The van der Waals surface area contributed by atoms with Crippen LogP contribution in [0.1, 0.15) is 13.8 Å². The number of amides is 1. The monoisotopic (exact) mass is 274 g/mol. The van der Waals surface area contributed by atoms with Gasteiger partial charge in [0.25, 0.3) is 0 Å². The molecule has 0 radical (unpaired) electrons. The number of carbonyl (C=O) groups excluding carboxylic acids is 1. The van der Waals surface area contributed by atoms with Crippen LogP contribution in [0, 0.1) is 0 Å². The van der Waals surface area contributed by atoms with Gasteiger partial charge in [-0.3, -0.25) is 0 Å². The molecule has 0 aromatic carbocycles. The van der Waals surface area contributed by atoms with E-state index in [-0.39, 0.29) is 9.07 Å². The number of halogens is 1. The summed E-state index contributed by atoms with van der Waals surface area (Å²) in [6, 6.07) is -1.11. The number of fused-ring (bicyclic) bond motifs is 1. The number of hydrogen-bond acceptors (Lipinski definition) is 3. The Morgan fingerprint density at radius 3 is 2.62 bits per heavy atom. The number of β-lactam (4-membered cyclic amide) rings is 1. The number of hydrogen-bond donors (Lipinski definition) is 1. The van der Waals surface area contributed by atoms with Crippen LogP contribution in [-0.2, 0) is 20.8 Å². The van der Waals surface area contributed by atoms with Crippen LogP contribution in [-0.4, -0.2) is 69.6 Å². The molecule has 2 aliphatic heterocycles. The van der Waals surface area contributed by atoms with Gasteiger partial charge < -0.3 is 0 Å². The van der Waals surface area contributed by atoms with Crippen molar-refractivity contribution in [3.8, 4) is 0 Å². The van der Waals surface area contributed by atoms with Gasteiger partial charge in [0.05, 0.1) is 0 Å². The Balaban J connectivity index is 2.53. The molecule has 1 amide bonds. The van der Waals surface area contributed by atoms with Crippen LogP contribution >= 0.6 is 11.8 Å². The van der Waals surface area contributed by atoms with Crippen molar-refractivity contribution in [1.82, 2.24) is 0 Å². The summed E-state index contributed by atoms with van der Waals surface area (Å²) in [4.78, 5) is 23.0. The number of aliphatic carboxylic acids is 1. The van der Waals surface area contributed by atoms with Crippen LogP contribution < -0.4 is 0 Å². The molecular formula is C8H10ClNNaO4S+. The van der Waals surface area contributed by atoms with Crippen LogP contribution in [0.25, 0.3) is 0 Å². The number of rotatable bonds is 1. The second-order valence-corrected chi connectivity index (χ2v) is 8.78. The number of quaternary nitrogens is 1. The molecule has 2 rings (SSSR count). The summed E-state index contributed by atoms with van der Waals surface area (Å²) in [6.07, 6.45) is 0. The van der Waals surface area contributed by atoms with Gasteiger partial charge in [-0.25, -0.2) is 0 Å². The minimum absolute atomic E-state index is 0.287. The van der Waals surface area contributed by atoms with Gasteiger partial charge in [0, 0.05) is 0 Å². The Kier molecular flexibility index (Phi) is 2.96. The molecule has 2 unspecified atom stereocenters. The van der Waals surface area contributed by atoms with E-state index in [1.807, 2.05) is 0 Å². The molecule has 16 heavy (non-hydrogen) atoms. The minimum atomic E-state index is -1.39. The molecule has 8 heteroatoms. The number of carbonyl (C=O) groups is 2. The van der Waals surface area contributed by atoms with Crippen molar-refractivity contribution >= 4 is 62.8 Å². The third kappa shape index (κ3) is 1.27. The van der Waals surface area contributed by atoms with Crippen LogP contribution in [0.2, 0.25) is 3.17 Å². The zero-order valence-corrected chi connectivity index (χ0v) is 12.7. The number of carboxylic acids is 1. The average Bonchev–Trinajstić information content (AvgIpc) is 2.29. The van der Waals surface area contributed by atoms with E-state index in [0.717, 1.165) is 0 Å². The van der Waals surface area contributed by atoms with E-state index in [4.69, 9.17) is 11.8 Å². The van der Waals surface area contributed by atoms with Gasteiger partial charge in [0.2, 0.25) is 0 Å². The Labute approximate surface area is 118 Å². The van der Waals surface area contributed by atoms with E-state index in [9.17, 15) is 19.2 Å². The van der Waals surface area contributed by atoms with Gasteiger partial charge in [-0.2, -0.15) is 0 Å². The van der Waals surface area contributed by atoms with E-state index >= 15 is 0 Å². The second kappa shape index (κ2) is 3.60. The molecule has 0 bridgehead atoms. The molecule has 0 aromatic rings. The van der Waals surface area contributed by atoms with Crippen molar-refractivity contribution in [3.05, 3.63) is 0 Å². The molecular weight excluding hydrogens is 265 g/mol. The zero-order chi connectivity index (χ0) is 12.5. The predicted octanol–water partition coefficient (Wildman–Crippen LogP) is -0.226. The molecule has 2 saturated heterocycles. The Morgan fingerprint density at radius 2 is 2.19 bits per heavy atom. The summed E-state index contributed by atoms with van der Waals surface area (Å²) in [5.41, 5.74) is 0. The normalized spacial score (nSPS) is 49.8. The molecule has 0 aromatic heterocycles. The maximum atomic E-state index is 12.2. The van der Waals surface area contributed by atoms with Crippen LogP contribution in [0.15, 0.2) is 0 Å².